The molecule has 1 aliphatic rings. The molecule has 7 nitrogen and oxygen atoms in total. The van der Waals surface area contributed by atoms with Crippen molar-refractivity contribution in [1.29, 1.82) is 0 Å². The number of carbonyl (C=O) groups excluding carboxylic acids is 2. The second-order valence-corrected chi connectivity index (χ2v) is 6.71. The van der Waals surface area contributed by atoms with Crippen LogP contribution in [0.2, 0.25) is 0 Å². The summed E-state index contributed by atoms with van der Waals surface area (Å²) in [5.41, 5.74) is 1.86. The lowest BCUT2D eigenvalue weighted by atomic mass is 10.0. The van der Waals surface area contributed by atoms with Crippen LogP contribution in [0.15, 0.2) is 54.6 Å². The number of methoxy groups -OCH3 is 1. The number of hydrogen-bond acceptors (Lipinski definition) is 5. The van der Waals surface area contributed by atoms with Crippen LogP contribution < -0.4 is 15.4 Å². The molecule has 0 saturated carbocycles. The molecule has 0 radical (unpaired) electrons. The molecule has 3 rings (SSSR count). The van der Waals surface area contributed by atoms with Crippen molar-refractivity contribution >= 4 is 17.9 Å². The van der Waals surface area contributed by atoms with Crippen LogP contribution >= 0.6 is 0 Å². The molecule has 0 bridgehead atoms. The van der Waals surface area contributed by atoms with Crippen LogP contribution in [0, 0.1) is 0 Å². The molecule has 1 heterocycles. The number of benzene rings is 2. The molecule has 0 atom stereocenters. The Morgan fingerprint density at radius 2 is 1.68 bits per heavy atom. The van der Waals surface area contributed by atoms with Gasteiger partial charge in [-0.15, -0.1) is 0 Å². The Hall–Kier alpha value is -3.06. The van der Waals surface area contributed by atoms with Gasteiger partial charge in [0.1, 0.15) is 5.75 Å². The number of carbonyl (C=O) groups is 2. The summed E-state index contributed by atoms with van der Waals surface area (Å²) < 4.78 is 9.84. The molecule has 148 valence electrons. The van der Waals surface area contributed by atoms with Crippen LogP contribution in [0.4, 0.5) is 15.3 Å². The zero-order valence-corrected chi connectivity index (χ0v) is 15.9. The minimum absolute atomic E-state index is 0.111. The molecular formula is C21H25N3O4. The minimum Gasteiger partial charge on any atom is -0.453 e. The van der Waals surface area contributed by atoms with E-state index in [1.54, 1.807) is 24.3 Å². The number of nitrogens with zero attached hydrogens (tertiary/aromatic N) is 1. The zero-order chi connectivity index (χ0) is 19.8. The number of amides is 2. The van der Waals surface area contributed by atoms with Gasteiger partial charge in [-0.2, -0.15) is 0 Å². The first-order chi connectivity index (χ1) is 13.6. The Labute approximate surface area is 164 Å². The van der Waals surface area contributed by atoms with Gasteiger partial charge in [-0.05, 0) is 42.7 Å². The average Bonchev–Trinajstić information content (AvgIpc) is 2.71. The molecule has 2 amide bonds. The Kier molecular flexibility index (Phi) is 6.86. The second kappa shape index (κ2) is 9.75. The Balaban J connectivity index is 1.40. The SMILES string of the molecule is COC(=O)Nc1ccc(OC(=O)NC2CCN(Cc3ccccc3)CC2)cc1. The highest BCUT2D eigenvalue weighted by Crippen LogP contribution is 2.17. The maximum atomic E-state index is 12.1. The van der Waals surface area contributed by atoms with Crippen molar-refractivity contribution in [1.82, 2.24) is 10.2 Å². The van der Waals surface area contributed by atoms with E-state index >= 15 is 0 Å². The molecule has 1 saturated heterocycles. The summed E-state index contributed by atoms with van der Waals surface area (Å²) in [6, 6.07) is 17.0. The van der Waals surface area contributed by atoms with Crippen molar-refractivity contribution in [2.24, 2.45) is 0 Å². The fourth-order valence-electron chi connectivity index (χ4n) is 3.16. The lowest BCUT2D eigenvalue weighted by Crippen LogP contribution is -2.45. The van der Waals surface area contributed by atoms with E-state index in [2.05, 4.69) is 44.5 Å². The van der Waals surface area contributed by atoms with E-state index in [9.17, 15) is 9.59 Å². The second-order valence-electron chi connectivity index (χ2n) is 6.71. The highest BCUT2D eigenvalue weighted by atomic mass is 16.6. The maximum absolute atomic E-state index is 12.1. The standard InChI is InChI=1S/C21H25N3O4/c1-27-20(25)22-17-7-9-19(10-8-17)28-21(26)23-18-11-13-24(14-12-18)15-16-5-3-2-4-6-16/h2-10,18H,11-15H2,1H3,(H,22,25)(H,23,26). The first-order valence-corrected chi connectivity index (χ1v) is 9.32. The van der Waals surface area contributed by atoms with Crippen molar-refractivity contribution in [3.8, 4) is 5.75 Å². The lowest BCUT2D eigenvalue weighted by molar-refractivity contribution is 0.169. The number of likely N-dealkylation sites (tertiary alicyclic amines) is 1. The summed E-state index contributed by atoms with van der Waals surface area (Å²) in [6.45, 7) is 2.81. The van der Waals surface area contributed by atoms with Crippen molar-refractivity contribution in [2.75, 3.05) is 25.5 Å². The van der Waals surface area contributed by atoms with Gasteiger partial charge in [0.2, 0.25) is 0 Å². The van der Waals surface area contributed by atoms with Gasteiger partial charge in [0.15, 0.2) is 0 Å². The number of nitrogens with one attached hydrogen (secondary N) is 2. The molecule has 2 N–H and O–H groups in total. The molecule has 1 aliphatic heterocycles. The van der Waals surface area contributed by atoms with Gasteiger partial charge in [0, 0.05) is 31.4 Å². The van der Waals surface area contributed by atoms with Crippen LogP contribution in [0.3, 0.4) is 0 Å². The molecule has 1 fully saturated rings. The van der Waals surface area contributed by atoms with Gasteiger partial charge >= 0.3 is 12.2 Å². The summed E-state index contributed by atoms with van der Waals surface area (Å²) in [4.78, 5) is 25.7. The fraction of sp³-hybridized carbons (Fsp3) is 0.333. The smallest absolute Gasteiger partial charge is 0.412 e. The van der Waals surface area contributed by atoms with Gasteiger partial charge in [0.25, 0.3) is 0 Å². The molecule has 28 heavy (non-hydrogen) atoms. The molecule has 0 aromatic heterocycles. The van der Waals surface area contributed by atoms with Crippen LogP contribution in [-0.4, -0.2) is 43.3 Å². The average molecular weight is 383 g/mol. The van der Waals surface area contributed by atoms with E-state index in [-0.39, 0.29) is 6.04 Å². The number of rotatable bonds is 5. The van der Waals surface area contributed by atoms with Gasteiger partial charge in [-0.3, -0.25) is 10.2 Å². The number of hydrogen-bond donors (Lipinski definition) is 2. The van der Waals surface area contributed by atoms with Crippen molar-refractivity contribution in [3.05, 3.63) is 60.2 Å². The third-order valence-corrected chi connectivity index (χ3v) is 4.66. The van der Waals surface area contributed by atoms with Gasteiger partial charge < -0.3 is 14.8 Å². The summed E-state index contributed by atoms with van der Waals surface area (Å²) in [5.74, 6) is 0.412. The number of ether oxygens (including phenoxy) is 2. The van der Waals surface area contributed by atoms with Crippen LogP contribution in [0.25, 0.3) is 0 Å². The normalized spacial score (nSPS) is 14.9. The Morgan fingerprint density at radius 1 is 1.00 bits per heavy atom. The van der Waals surface area contributed by atoms with Gasteiger partial charge in [-0.1, -0.05) is 30.3 Å². The monoisotopic (exact) mass is 383 g/mol. The van der Waals surface area contributed by atoms with E-state index in [0.29, 0.717) is 11.4 Å². The largest absolute Gasteiger partial charge is 0.453 e. The highest BCUT2D eigenvalue weighted by molar-refractivity contribution is 5.84. The third kappa shape index (κ3) is 5.99. The Bertz CT molecular complexity index is 772. The number of anilines is 1. The van der Waals surface area contributed by atoms with E-state index in [1.165, 1.54) is 12.7 Å². The van der Waals surface area contributed by atoms with Crippen LogP contribution in [-0.2, 0) is 11.3 Å². The minimum atomic E-state index is -0.551. The molecule has 7 heteroatoms. The van der Waals surface area contributed by atoms with Crippen molar-refractivity contribution < 1.29 is 19.1 Å². The summed E-state index contributed by atoms with van der Waals surface area (Å²) in [7, 11) is 1.29. The molecule has 2 aromatic carbocycles. The highest BCUT2D eigenvalue weighted by Gasteiger charge is 2.21. The van der Waals surface area contributed by atoms with E-state index in [0.717, 1.165) is 32.5 Å². The molecular weight excluding hydrogens is 358 g/mol. The maximum Gasteiger partial charge on any atom is 0.412 e. The van der Waals surface area contributed by atoms with Crippen molar-refractivity contribution in [3.63, 3.8) is 0 Å². The molecule has 2 aromatic rings. The summed E-state index contributed by atoms with van der Waals surface area (Å²) in [6.07, 6.45) is 0.772. The first-order valence-electron chi connectivity index (χ1n) is 9.32. The number of piperidine rings is 1. The van der Waals surface area contributed by atoms with E-state index < -0.39 is 12.2 Å². The molecule has 0 aliphatic carbocycles. The van der Waals surface area contributed by atoms with Crippen molar-refractivity contribution in [2.45, 2.75) is 25.4 Å². The van der Waals surface area contributed by atoms with Crippen LogP contribution in [0.5, 0.6) is 5.75 Å². The predicted octanol–water partition coefficient (Wildman–Crippen LogP) is 3.62. The topological polar surface area (TPSA) is 79.9 Å². The zero-order valence-electron chi connectivity index (χ0n) is 15.9. The van der Waals surface area contributed by atoms with E-state index in [1.807, 2.05) is 6.07 Å². The van der Waals surface area contributed by atoms with Crippen LogP contribution in [0.1, 0.15) is 18.4 Å². The third-order valence-electron chi connectivity index (χ3n) is 4.66. The first kappa shape index (κ1) is 19.7. The molecule has 0 spiro atoms. The summed E-state index contributed by atoms with van der Waals surface area (Å²) in [5, 5.41) is 5.47. The van der Waals surface area contributed by atoms with Gasteiger partial charge in [-0.25, -0.2) is 9.59 Å². The Morgan fingerprint density at radius 3 is 2.32 bits per heavy atom. The summed E-state index contributed by atoms with van der Waals surface area (Å²) >= 11 is 0. The van der Waals surface area contributed by atoms with Gasteiger partial charge in [0.05, 0.1) is 7.11 Å². The van der Waals surface area contributed by atoms with E-state index in [4.69, 9.17) is 4.74 Å². The lowest BCUT2D eigenvalue weighted by Gasteiger charge is -2.32. The fourth-order valence-corrected chi connectivity index (χ4v) is 3.16. The quantitative estimate of drug-likeness (QED) is 0.824. The predicted molar refractivity (Wildman–Crippen MR) is 106 cm³/mol. The molecule has 0 unspecified atom stereocenters.